The number of carbonyl (C=O) groups is 9. The topological polar surface area (TPSA) is 265 Å². The van der Waals surface area contributed by atoms with E-state index in [4.69, 9.17) is 21.1 Å². The van der Waals surface area contributed by atoms with Crippen molar-refractivity contribution in [1.29, 1.82) is 0 Å². The Bertz CT molecular complexity index is 2340. The zero-order valence-corrected chi connectivity index (χ0v) is 42.4. The molecule has 15 nitrogen and oxygen atoms in total. The van der Waals surface area contributed by atoms with E-state index in [2.05, 4.69) is 4.99 Å². The average molecular weight is 1120 g/mol. The molecule has 359 valence electrons. The van der Waals surface area contributed by atoms with E-state index in [1.54, 1.807) is 25.2 Å². The van der Waals surface area contributed by atoms with Gasteiger partial charge in [-0.05, 0) is 79.0 Å². The molecule has 1 aliphatic heterocycles. The van der Waals surface area contributed by atoms with E-state index in [9.17, 15) is 56.3 Å². The van der Waals surface area contributed by atoms with Gasteiger partial charge in [-0.1, -0.05) is 7.43 Å². The van der Waals surface area contributed by atoms with Gasteiger partial charge in [-0.3, -0.25) is 48.1 Å². The smallest absolute Gasteiger partial charge is 0.471 e. The standard InChI is InChI=1S/C15H16F3NO5S.C13H17NO4S.C13H15NO3S.CH4.HI.V/c1-6-8(3)25-11(13(6)7(2)20)5-10(21)9(4-12(22)23)19-14(24)15(16,17)18;1-6-8(3)19-11(13(6)7(2)15)5-10(16)9(14)4-12(17)18;1-6-8(3)18-11-5-10(15)9(4-12(16)17)14-7(2)13(6)11;;;/h9H,4-5H2,1-3H3,(H,19,24)(H,22,23);9H,4-5,14H2,1-3H3,(H,17,18);9H,4-5H2,1-3H3,(H,16,17);1H4;1H;/t3*9-;;;/m000.../s1. The largest absolute Gasteiger partial charge is 0.481 e. The first-order chi connectivity index (χ1) is 28.5. The van der Waals surface area contributed by atoms with Crippen molar-refractivity contribution in [3.63, 3.8) is 0 Å². The summed E-state index contributed by atoms with van der Waals surface area (Å²) in [6.07, 6.45) is -6.96. The molecule has 0 aromatic carbocycles. The average Bonchev–Trinajstić information content (AvgIpc) is 3.66. The number of ketones is 5. The molecule has 4 rings (SSSR count). The van der Waals surface area contributed by atoms with E-state index in [1.807, 2.05) is 34.6 Å². The molecule has 6 N–H and O–H groups in total. The zero-order chi connectivity index (χ0) is 47.7. The Hall–Kier alpha value is -3.94. The van der Waals surface area contributed by atoms with Crippen LogP contribution in [0.25, 0.3) is 0 Å². The van der Waals surface area contributed by atoms with Crippen LogP contribution in [-0.4, -0.2) is 98.1 Å². The van der Waals surface area contributed by atoms with E-state index in [0.717, 1.165) is 48.4 Å². The molecule has 0 saturated carbocycles. The molecule has 1 radical (unpaired) electrons. The first-order valence-corrected chi connectivity index (χ1v) is 21.1. The van der Waals surface area contributed by atoms with Gasteiger partial charge in [0, 0.05) is 89.5 Å². The van der Waals surface area contributed by atoms with Crippen LogP contribution in [0.3, 0.4) is 0 Å². The maximum absolute atomic E-state index is 12.4. The number of amides is 1. The third-order valence-corrected chi connectivity index (χ3v) is 13.3. The van der Waals surface area contributed by atoms with Gasteiger partial charge in [0.2, 0.25) is 0 Å². The van der Waals surface area contributed by atoms with Crippen molar-refractivity contribution < 1.29 is 90.2 Å². The van der Waals surface area contributed by atoms with Crippen molar-refractivity contribution in [2.75, 3.05) is 0 Å². The molecule has 0 saturated heterocycles. The Morgan fingerprint density at radius 3 is 1.57 bits per heavy atom. The Balaban J connectivity index is 0. The third-order valence-electron chi connectivity index (χ3n) is 9.67. The fraction of sp³-hybridized carbons (Fsp3) is 0.476. The van der Waals surface area contributed by atoms with Crippen LogP contribution in [0.5, 0.6) is 0 Å². The van der Waals surface area contributed by atoms with E-state index in [0.29, 0.717) is 32.9 Å². The molecule has 4 heterocycles. The number of hydrogen-bond donors (Lipinski definition) is 5. The summed E-state index contributed by atoms with van der Waals surface area (Å²) in [5, 5.41) is 27.6. The number of carboxylic acids is 3. The van der Waals surface area contributed by atoms with Crippen LogP contribution < -0.4 is 11.1 Å². The van der Waals surface area contributed by atoms with Gasteiger partial charge in [-0.25, -0.2) is 0 Å². The van der Waals surface area contributed by atoms with Crippen molar-refractivity contribution in [3.05, 3.63) is 62.6 Å². The summed E-state index contributed by atoms with van der Waals surface area (Å²) in [6, 6.07) is -3.60. The van der Waals surface area contributed by atoms with Crippen molar-refractivity contribution in [3.8, 4) is 0 Å². The van der Waals surface area contributed by atoms with E-state index in [-0.39, 0.29) is 85.9 Å². The van der Waals surface area contributed by atoms with Gasteiger partial charge in [0.05, 0.1) is 31.3 Å². The molecule has 3 atom stereocenters. The van der Waals surface area contributed by atoms with Crippen LogP contribution in [-0.2, 0) is 71.4 Å². The molecule has 0 spiro atoms. The predicted molar refractivity (Wildman–Crippen MR) is 248 cm³/mol. The van der Waals surface area contributed by atoms with Crippen LogP contribution >= 0.6 is 58.0 Å². The van der Waals surface area contributed by atoms with Gasteiger partial charge in [-0.15, -0.1) is 58.0 Å². The minimum atomic E-state index is -5.24. The maximum Gasteiger partial charge on any atom is 0.471 e. The molecule has 1 amide bonds. The molecule has 0 fully saturated rings. The Kier molecular flexibility index (Phi) is 26.2. The molecule has 3 aromatic heterocycles. The van der Waals surface area contributed by atoms with Gasteiger partial charge in [-0.2, -0.15) is 13.2 Å². The summed E-state index contributed by atoms with van der Waals surface area (Å²) in [5.74, 6) is -7.78. The quantitative estimate of drug-likeness (QED) is 0.0754. The SMILES string of the molecule is C.CC(=O)c1c(CC(=O)[C@@H](N)CC(=O)O)sc(C)c1C.CC(=O)c1c(CC(=O)[C@H](CC(=O)O)NC(=O)C(F)(F)F)sc(C)c1C.CC1=N[C@@H](CC(=O)O)C(=O)Cc2sc(C)c(C)c21.I.[V]. The second-order valence-electron chi connectivity index (χ2n) is 14.4. The number of carbonyl (C=O) groups excluding carboxylic acids is 6. The number of nitrogens with one attached hydrogen (secondary N) is 1. The summed E-state index contributed by atoms with van der Waals surface area (Å²) in [7, 11) is 0. The molecule has 0 unspecified atom stereocenters. The Labute approximate surface area is 415 Å². The number of aliphatic carboxylic acids is 3. The number of nitrogens with zero attached hydrogens (tertiary/aromatic N) is 1. The molecular weight excluding hydrogens is 1070 g/mol. The van der Waals surface area contributed by atoms with Crippen molar-refractivity contribution in [1.82, 2.24) is 5.32 Å². The van der Waals surface area contributed by atoms with Crippen LogP contribution in [0.4, 0.5) is 13.2 Å². The van der Waals surface area contributed by atoms with Crippen LogP contribution in [0.15, 0.2) is 4.99 Å². The number of nitrogens with two attached hydrogens (primary N) is 1. The summed E-state index contributed by atoms with van der Waals surface area (Å²) in [4.78, 5) is 112. The van der Waals surface area contributed by atoms with Crippen molar-refractivity contribution in [2.24, 2.45) is 10.7 Å². The fourth-order valence-corrected chi connectivity index (χ4v) is 10.1. The molecule has 0 bridgehead atoms. The van der Waals surface area contributed by atoms with Gasteiger partial charge in [0.25, 0.3) is 0 Å². The number of alkyl halides is 3. The summed E-state index contributed by atoms with van der Waals surface area (Å²) < 4.78 is 37.1. The number of Topliss-reactive ketones (excluding diaryl/α,β-unsaturated/α-hetero) is 5. The molecule has 0 aliphatic carbocycles. The predicted octanol–water partition coefficient (Wildman–Crippen LogP) is 7.08. The number of fused-ring (bicyclic) bond motifs is 1. The van der Waals surface area contributed by atoms with E-state index >= 15 is 0 Å². The third kappa shape index (κ3) is 18.0. The van der Waals surface area contributed by atoms with Gasteiger partial charge in [0.1, 0.15) is 6.04 Å². The van der Waals surface area contributed by atoms with Gasteiger partial charge < -0.3 is 26.4 Å². The minimum Gasteiger partial charge on any atom is -0.481 e. The van der Waals surface area contributed by atoms with E-state index in [1.165, 1.54) is 35.4 Å². The molecule has 1 aliphatic rings. The van der Waals surface area contributed by atoms with Crippen molar-refractivity contribution >= 4 is 116 Å². The van der Waals surface area contributed by atoms with Crippen LogP contribution in [0.2, 0.25) is 0 Å². The molecule has 23 heteroatoms. The van der Waals surface area contributed by atoms with Gasteiger partial charge >= 0.3 is 30.0 Å². The molecule has 65 heavy (non-hydrogen) atoms. The van der Waals surface area contributed by atoms with Crippen LogP contribution in [0.1, 0.15) is 120 Å². The number of halogens is 4. The minimum absolute atomic E-state index is 0. The number of aryl methyl sites for hydroxylation is 3. The maximum atomic E-state index is 12.4. The van der Waals surface area contributed by atoms with Gasteiger partial charge in [0.15, 0.2) is 28.9 Å². The second-order valence-corrected chi connectivity index (χ2v) is 18.4. The number of rotatable bonds is 15. The molecule has 3 aromatic rings. The first-order valence-electron chi connectivity index (χ1n) is 18.7. The monoisotopic (exact) mass is 1120 g/mol. The normalized spacial score (nSPS) is 13.7. The summed E-state index contributed by atoms with van der Waals surface area (Å²) in [6.45, 7) is 15.8. The van der Waals surface area contributed by atoms with Crippen molar-refractivity contribution in [2.45, 2.75) is 133 Å². The number of thiophene rings is 3. The fourth-order valence-electron chi connectivity index (χ4n) is 6.36. The number of aliphatic imine (C=N–C) groups is 1. The Morgan fingerprint density at radius 2 is 1.17 bits per heavy atom. The summed E-state index contributed by atoms with van der Waals surface area (Å²) in [5.41, 5.74) is 10.9. The number of carboxylic acid groups (broad SMARTS) is 3. The first kappa shape index (κ1) is 63.1. The molecular formula is C42H53F3IN3O12S3V. The van der Waals surface area contributed by atoms with Crippen LogP contribution in [0, 0.1) is 41.5 Å². The summed E-state index contributed by atoms with van der Waals surface area (Å²) >= 11 is 4.13. The Morgan fingerprint density at radius 1 is 0.738 bits per heavy atom. The zero-order valence-electron chi connectivity index (χ0n) is 36.2. The van der Waals surface area contributed by atoms with E-state index < -0.39 is 73.2 Å². The second kappa shape index (κ2) is 27.0. The number of hydrogen-bond acceptors (Lipinski definition) is 14.